The minimum Gasteiger partial charge on any atom is -0.496 e. The Morgan fingerprint density at radius 3 is 2.35 bits per heavy atom. The topological polar surface area (TPSA) is 220 Å². The third-order valence-electron chi connectivity index (χ3n) is 16.4. The number of halogens is 1. The van der Waals surface area contributed by atoms with Crippen molar-refractivity contribution in [2.75, 3.05) is 66.0 Å². The number of ether oxygens (including phenoxy) is 4. The lowest BCUT2D eigenvalue weighted by Crippen LogP contribution is -2.81. The van der Waals surface area contributed by atoms with Gasteiger partial charge in [-0.3, -0.25) is 29.2 Å². The highest BCUT2D eigenvalue weighted by molar-refractivity contribution is 5.95. The second-order valence-electron chi connectivity index (χ2n) is 19.6. The van der Waals surface area contributed by atoms with Gasteiger partial charge in [-0.05, 0) is 74.2 Å². The molecule has 5 N–H and O–H groups in total. The first-order valence-electron chi connectivity index (χ1n) is 23.4. The summed E-state index contributed by atoms with van der Waals surface area (Å²) in [7, 11) is 6.15. The average Bonchev–Trinajstić information content (AvgIpc) is 3.99. The molecule has 2 aromatic carbocycles. The molecule has 2 aromatic heterocycles. The van der Waals surface area contributed by atoms with Crippen LogP contribution in [0.15, 0.2) is 64.3 Å². The quantitative estimate of drug-likeness (QED) is 0.102. The number of fused-ring (bicyclic) bond motifs is 6. The number of hydrogen-bond donors (Lipinski definition) is 5. The van der Waals surface area contributed by atoms with E-state index in [1.807, 2.05) is 55.0 Å². The van der Waals surface area contributed by atoms with Gasteiger partial charge >= 0.3 is 23.6 Å². The number of aromatic amines is 3. The van der Waals surface area contributed by atoms with Gasteiger partial charge < -0.3 is 44.0 Å². The first-order chi connectivity index (χ1) is 32.4. The zero-order chi connectivity index (χ0) is 48.7. The van der Waals surface area contributed by atoms with Crippen molar-refractivity contribution in [3.05, 3.63) is 104 Å². The first kappa shape index (κ1) is 47.3. The molecule has 6 aliphatic rings. The molecule has 5 aliphatic heterocycles. The monoisotopic (exact) mass is 940 g/mol. The highest BCUT2D eigenvalue weighted by atomic mass is 19.1. The molecule has 0 radical (unpaired) electrons. The van der Waals surface area contributed by atoms with Crippen LogP contribution in [0.3, 0.4) is 0 Å². The second kappa shape index (κ2) is 17.0. The minimum absolute atomic E-state index is 0.0986. The van der Waals surface area contributed by atoms with Gasteiger partial charge in [0.05, 0.1) is 33.0 Å². The van der Waals surface area contributed by atoms with Crippen molar-refractivity contribution >= 4 is 34.5 Å². The number of benzene rings is 2. The maximum absolute atomic E-state index is 15.3. The summed E-state index contributed by atoms with van der Waals surface area (Å²) in [5.41, 5.74) is -3.33. The third-order valence-corrected chi connectivity index (χ3v) is 16.4. The lowest BCUT2D eigenvalue weighted by atomic mass is 9.47. The number of carbonyl (C=O) groups is 3. The van der Waals surface area contributed by atoms with E-state index >= 15 is 4.79 Å². The molecule has 364 valence electrons. The van der Waals surface area contributed by atoms with E-state index in [4.69, 9.17) is 18.9 Å². The zero-order valence-corrected chi connectivity index (χ0v) is 39.6. The molecule has 17 nitrogen and oxygen atoms in total. The molecule has 2 bridgehead atoms. The van der Waals surface area contributed by atoms with Gasteiger partial charge in [0.15, 0.2) is 6.10 Å². The summed E-state index contributed by atoms with van der Waals surface area (Å²) in [5, 5.41) is 26.3. The van der Waals surface area contributed by atoms with Crippen LogP contribution >= 0.6 is 0 Å². The van der Waals surface area contributed by atoms with Crippen LogP contribution in [0.2, 0.25) is 0 Å². The Labute approximate surface area is 392 Å². The van der Waals surface area contributed by atoms with Crippen LogP contribution in [0, 0.1) is 17.2 Å². The van der Waals surface area contributed by atoms with E-state index in [9.17, 15) is 33.8 Å². The molecule has 1 saturated carbocycles. The fourth-order valence-electron chi connectivity index (χ4n) is 13.9. The van der Waals surface area contributed by atoms with Crippen LogP contribution < -0.4 is 20.9 Å². The Bertz CT molecular complexity index is 2830. The van der Waals surface area contributed by atoms with Crippen molar-refractivity contribution in [2.45, 2.75) is 99.5 Å². The predicted molar refractivity (Wildman–Crippen MR) is 248 cm³/mol. The largest absolute Gasteiger partial charge is 0.496 e. The number of aromatic nitrogens is 3. The Morgan fingerprint density at radius 1 is 0.941 bits per heavy atom. The molecular formula is C50H61FN6O11. The van der Waals surface area contributed by atoms with Crippen LogP contribution in [-0.2, 0) is 45.8 Å². The fraction of sp³-hybridized carbons (Fsp3) is 0.540. The molecule has 10 rings (SSSR count). The van der Waals surface area contributed by atoms with Crippen molar-refractivity contribution in [3.63, 3.8) is 0 Å². The van der Waals surface area contributed by atoms with Gasteiger partial charge in [-0.1, -0.05) is 44.2 Å². The first-order valence-corrected chi connectivity index (χ1v) is 23.4. The van der Waals surface area contributed by atoms with Crippen molar-refractivity contribution in [1.82, 2.24) is 24.8 Å². The maximum Gasteiger partial charge on any atom is 0.344 e. The summed E-state index contributed by atoms with van der Waals surface area (Å²) in [4.78, 5) is 77.2. The Balaban J connectivity index is 0.000000577. The Kier molecular flexibility index (Phi) is 11.8. The van der Waals surface area contributed by atoms with Crippen LogP contribution in [0.5, 0.6) is 5.75 Å². The molecule has 3 fully saturated rings. The Morgan fingerprint density at radius 2 is 1.69 bits per heavy atom. The van der Waals surface area contributed by atoms with Gasteiger partial charge in [-0.25, -0.2) is 9.59 Å². The van der Waals surface area contributed by atoms with Gasteiger partial charge in [0, 0.05) is 97.1 Å². The number of anilines is 1. The summed E-state index contributed by atoms with van der Waals surface area (Å²) in [6, 6.07) is 11.0. The van der Waals surface area contributed by atoms with Crippen LogP contribution in [0.25, 0.3) is 10.9 Å². The van der Waals surface area contributed by atoms with E-state index < -0.39 is 74.6 Å². The van der Waals surface area contributed by atoms with Gasteiger partial charge in [0.2, 0.25) is 11.4 Å². The lowest BCUT2D eigenvalue weighted by molar-refractivity contribution is -0.228. The van der Waals surface area contributed by atoms with E-state index in [-0.39, 0.29) is 12.0 Å². The van der Waals surface area contributed by atoms with Crippen molar-refractivity contribution in [2.24, 2.45) is 11.3 Å². The molecule has 68 heavy (non-hydrogen) atoms. The summed E-state index contributed by atoms with van der Waals surface area (Å²) in [6.45, 7) is 8.62. The van der Waals surface area contributed by atoms with Crippen molar-refractivity contribution < 1.29 is 47.9 Å². The maximum atomic E-state index is 15.3. The number of H-pyrrole nitrogens is 3. The second-order valence-corrected chi connectivity index (χ2v) is 19.6. The SMILES string of the molecule is CC[C@]1(O)C[C@@H]2C[N@@](CCc3c([nH]c4ccccc34)[C@@](C(=O)OC)(c3cc4c(cc3OC)N(C)[C@H]3[C@@](O)(C(=O)OC)[C@H](OC(C)=O)[C@]5(CC)C=CCN6CC[C@]43[C@@H]65)C2)C1.O=c1[nH]cc(F)c(=O)[nH]1. The zero-order valence-electron chi connectivity index (χ0n) is 39.6. The summed E-state index contributed by atoms with van der Waals surface area (Å²) in [5.74, 6) is -2.55. The predicted octanol–water partition coefficient (Wildman–Crippen LogP) is 3.19. The van der Waals surface area contributed by atoms with Crippen molar-refractivity contribution in [1.29, 1.82) is 0 Å². The number of carbonyl (C=O) groups excluding carboxylic acids is 3. The lowest BCUT2D eigenvalue weighted by Gasteiger charge is -2.63. The van der Waals surface area contributed by atoms with Gasteiger partial charge in [-0.15, -0.1) is 0 Å². The number of nitrogens with zero attached hydrogens (tertiary/aromatic N) is 3. The fourth-order valence-corrected chi connectivity index (χ4v) is 13.9. The highest BCUT2D eigenvalue weighted by Gasteiger charge is 2.80. The molecule has 10 atom stereocenters. The van der Waals surface area contributed by atoms with Crippen LogP contribution in [0.4, 0.5) is 10.1 Å². The smallest absolute Gasteiger partial charge is 0.344 e. The number of likely N-dealkylation sites (N-methyl/N-ethyl adjacent to an activating group) is 1. The molecule has 0 unspecified atom stereocenters. The normalized spacial score (nSPS) is 33.3. The molecule has 7 heterocycles. The molecule has 4 aromatic rings. The third kappa shape index (κ3) is 6.71. The Hall–Kier alpha value is -5.82. The van der Waals surface area contributed by atoms with Crippen LogP contribution in [-0.4, -0.2) is 143 Å². The number of piperidine rings is 1. The molecule has 1 aliphatic carbocycles. The number of nitrogens with one attached hydrogen (secondary N) is 3. The van der Waals surface area contributed by atoms with Gasteiger partial charge in [0.1, 0.15) is 11.2 Å². The number of hydrogen-bond acceptors (Lipinski definition) is 14. The number of aliphatic hydroxyl groups is 2. The number of para-hydroxylation sites is 1. The molecule has 2 saturated heterocycles. The van der Waals surface area contributed by atoms with E-state index in [1.165, 1.54) is 21.1 Å². The van der Waals surface area contributed by atoms with E-state index in [0.717, 1.165) is 33.4 Å². The van der Waals surface area contributed by atoms with E-state index in [2.05, 4.69) is 39.1 Å². The summed E-state index contributed by atoms with van der Waals surface area (Å²) < 4.78 is 35.9. The van der Waals surface area contributed by atoms with E-state index in [0.29, 0.717) is 88.8 Å². The van der Waals surface area contributed by atoms with Crippen LogP contribution in [0.1, 0.15) is 75.3 Å². The molecule has 1 spiro atoms. The van der Waals surface area contributed by atoms with Crippen molar-refractivity contribution in [3.8, 4) is 5.75 Å². The molecular weight excluding hydrogens is 880 g/mol. The summed E-state index contributed by atoms with van der Waals surface area (Å²) in [6.07, 6.45) is 6.65. The number of methoxy groups -OCH3 is 3. The van der Waals surface area contributed by atoms with Gasteiger partial charge in [0.25, 0.3) is 5.56 Å². The number of rotatable bonds is 7. The average molecular weight is 941 g/mol. The highest BCUT2D eigenvalue weighted by Crippen LogP contribution is 2.68. The molecule has 18 heteroatoms. The standard InChI is InChI=1S/C46H58N4O9.C4H3FN2O2/c1-8-42(54)23-28-24-45(40(52)57-6,36-30(15-19-49(25-28)26-42)29-13-10-11-14-33(29)47-36)32-21-31-34(22-35(32)56-5)48(4)38-44(31)17-20-50-18-12-16-43(9-2,37(44)50)39(59-27(3)51)46(38,55)41(53)58-7;5-2-1-6-4(9)7-3(2)8/h10-14,16,21-22,28,37-39,47,54-55H,8-9,15,17-20,23-26H2,1-7H3;1H,(H2,6,7,8,9)/t28-,37-,38+,39+,42-,43+,44+,45-,46-;/m0./s1. The van der Waals surface area contributed by atoms with E-state index in [1.54, 1.807) is 12.1 Å². The summed E-state index contributed by atoms with van der Waals surface area (Å²) >= 11 is 0. The van der Waals surface area contributed by atoms with Gasteiger partial charge in [-0.2, -0.15) is 4.39 Å². The number of esters is 3. The minimum atomic E-state index is -2.30. The molecule has 0 amide bonds.